The van der Waals surface area contributed by atoms with Crippen molar-refractivity contribution in [3.63, 3.8) is 0 Å². The largest absolute Gasteiger partial charge is 0.477 e. The number of hydrogen-bond acceptors (Lipinski definition) is 5. The van der Waals surface area contributed by atoms with Crippen molar-refractivity contribution in [1.29, 1.82) is 0 Å². The van der Waals surface area contributed by atoms with Crippen LogP contribution in [-0.2, 0) is 0 Å². The van der Waals surface area contributed by atoms with E-state index in [9.17, 15) is 14.9 Å². The van der Waals surface area contributed by atoms with E-state index in [0.29, 0.717) is 4.88 Å². The molecular formula is C11H7NO4S2. The second-order valence-electron chi connectivity index (χ2n) is 3.27. The van der Waals surface area contributed by atoms with Gasteiger partial charge in [0.2, 0.25) is 0 Å². The minimum Gasteiger partial charge on any atom is -0.477 e. The lowest BCUT2D eigenvalue weighted by molar-refractivity contribution is -0.384. The zero-order valence-electron chi connectivity index (χ0n) is 8.90. The highest BCUT2D eigenvalue weighted by molar-refractivity contribution is 7.15. The number of carbonyl (C=O) groups is 1. The lowest BCUT2D eigenvalue weighted by atomic mass is 10.3. The molecule has 1 N–H and O–H groups in total. The van der Waals surface area contributed by atoms with Crippen LogP contribution in [-0.4, -0.2) is 16.0 Å². The van der Waals surface area contributed by atoms with Crippen LogP contribution >= 0.6 is 22.7 Å². The predicted octanol–water partition coefficient (Wildman–Crippen LogP) is 3.59. The molecule has 0 amide bonds. The van der Waals surface area contributed by atoms with Crippen molar-refractivity contribution in [2.45, 2.75) is 0 Å². The number of aromatic carboxylic acids is 1. The van der Waals surface area contributed by atoms with E-state index in [1.807, 2.05) is 17.5 Å². The Bertz CT molecular complexity index is 613. The number of nitrogens with zero attached hydrogens (tertiary/aromatic N) is 1. The van der Waals surface area contributed by atoms with Gasteiger partial charge in [0.25, 0.3) is 5.69 Å². The lowest BCUT2D eigenvalue weighted by Gasteiger charge is -1.88. The second-order valence-corrected chi connectivity index (χ2v) is 5.33. The van der Waals surface area contributed by atoms with E-state index in [1.54, 1.807) is 12.2 Å². The third kappa shape index (κ3) is 2.63. The number of carboxylic acids is 1. The Balaban J connectivity index is 2.37. The van der Waals surface area contributed by atoms with E-state index >= 15 is 0 Å². The van der Waals surface area contributed by atoms with Gasteiger partial charge < -0.3 is 5.11 Å². The highest BCUT2D eigenvalue weighted by atomic mass is 32.1. The molecule has 0 aromatic carbocycles. The van der Waals surface area contributed by atoms with E-state index in [0.717, 1.165) is 22.3 Å². The van der Waals surface area contributed by atoms with E-state index in [1.165, 1.54) is 11.3 Å². The molecule has 2 rings (SSSR count). The average Bonchev–Trinajstić information content (AvgIpc) is 2.95. The van der Waals surface area contributed by atoms with Crippen molar-refractivity contribution >= 4 is 46.5 Å². The van der Waals surface area contributed by atoms with Crippen LogP contribution < -0.4 is 0 Å². The molecule has 2 heterocycles. The maximum atomic E-state index is 10.8. The Hall–Kier alpha value is -1.99. The highest BCUT2D eigenvalue weighted by Gasteiger charge is 2.20. The molecule has 0 atom stereocenters. The van der Waals surface area contributed by atoms with E-state index < -0.39 is 10.9 Å². The third-order valence-corrected chi connectivity index (χ3v) is 4.00. The summed E-state index contributed by atoms with van der Waals surface area (Å²) < 4.78 is 0. The molecule has 0 unspecified atom stereocenters. The molecule has 92 valence electrons. The van der Waals surface area contributed by atoms with E-state index in [-0.39, 0.29) is 10.6 Å². The zero-order chi connectivity index (χ0) is 13.1. The van der Waals surface area contributed by atoms with Crippen LogP contribution in [0.5, 0.6) is 0 Å². The van der Waals surface area contributed by atoms with Crippen molar-refractivity contribution in [1.82, 2.24) is 0 Å². The van der Waals surface area contributed by atoms with Gasteiger partial charge in [-0.1, -0.05) is 6.07 Å². The molecule has 0 aliphatic rings. The van der Waals surface area contributed by atoms with Crippen LogP contribution in [0.4, 0.5) is 5.69 Å². The molecule has 0 spiro atoms. The van der Waals surface area contributed by atoms with Crippen LogP contribution in [0.15, 0.2) is 23.6 Å². The van der Waals surface area contributed by atoms with Crippen LogP contribution in [0.3, 0.4) is 0 Å². The van der Waals surface area contributed by atoms with Crippen LogP contribution in [0.1, 0.15) is 19.4 Å². The van der Waals surface area contributed by atoms with Gasteiger partial charge in [-0.05, 0) is 23.6 Å². The Morgan fingerprint density at radius 2 is 2.22 bits per heavy atom. The van der Waals surface area contributed by atoms with Gasteiger partial charge in [-0.2, -0.15) is 0 Å². The summed E-state index contributed by atoms with van der Waals surface area (Å²) in [5.41, 5.74) is -0.176. The average molecular weight is 281 g/mol. The van der Waals surface area contributed by atoms with E-state index in [4.69, 9.17) is 5.11 Å². The fraction of sp³-hybridized carbons (Fsp3) is 0. The van der Waals surface area contributed by atoms with Crippen molar-refractivity contribution < 1.29 is 14.8 Å². The maximum absolute atomic E-state index is 10.8. The first-order valence-electron chi connectivity index (χ1n) is 4.81. The van der Waals surface area contributed by atoms with Crippen LogP contribution in [0, 0.1) is 10.1 Å². The minimum atomic E-state index is -1.15. The first-order chi connectivity index (χ1) is 8.58. The van der Waals surface area contributed by atoms with Gasteiger partial charge >= 0.3 is 5.97 Å². The molecule has 0 saturated heterocycles. The Morgan fingerprint density at radius 1 is 1.44 bits per heavy atom. The number of hydrogen-bond donors (Lipinski definition) is 1. The van der Waals surface area contributed by atoms with E-state index in [2.05, 4.69) is 0 Å². The van der Waals surface area contributed by atoms with Crippen molar-refractivity contribution in [3.8, 4) is 0 Å². The van der Waals surface area contributed by atoms with Gasteiger partial charge in [0.15, 0.2) is 0 Å². The summed E-state index contributed by atoms with van der Waals surface area (Å²) in [4.78, 5) is 22.3. The third-order valence-electron chi connectivity index (χ3n) is 2.09. The first kappa shape index (κ1) is 12.5. The number of nitro groups is 1. The number of rotatable bonds is 4. The summed E-state index contributed by atoms with van der Waals surface area (Å²) in [7, 11) is 0. The standard InChI is InChI=1S/C11H7NO4S2/c13-11(14)10-6-8(12(15)16)9(18-10)4-3-7-2-1-5-17-7/h1-6H,(H,13,14)/b4-3+. The molecule has 0 bridgehead atoms. The summed E-state index contributed by atoms with van der Waals surface area (Å²) in [5.74, 6) is -1.15. The van der Waals surface area contributed by atoms with Gasteiger partial charge in [-0.25, -0.2) is 4.79 Å². The summed E-state index contributed by atoms with van der Waals surface area (Å²) in [5, 5.41) is 21.5. The fourth-order valence-electron chi connectivity index (χ4n) is 1.31. The first-order valence-corrected chi connectivity index (χ1v) is 6.50. The Labute approximate surface area is 110 Å². The van der Waals surface area contributed by atoms with Gasteiger partial charge in [0.05, 0.1) is 4.92 Å². The molecule has 0 saturated carbocycles. The molecule has 0 fully saturated rings. The summed E-state index contributed by atoms with van der Waals surface area (Å²) in [6.07, 6.45) is 3.30. The smallest absolute Gasteiger partial charge is 0.346 e. The van der Waals surface area contributed by atoms with Gasteiger partial charge in [0.1, 0.15) is 9.75 Å². The molecule has 2 aromatic heterocycles. The maximum Gasteiger partial charge on any atom is 0.346 e. The molecule has 7 heteroatoms. The molecule has 0 aliphatic heterocycles. The number of thiophene rings is 2. The van der Waals surface area contributed by atoms with Crippen LogP contribution in [0.2, 0.25) is 0 Å². The van der Waals surface area contributed by atoms with Gasteiger partial charge in [0, 0.05) is 10.9 Å². The molecule has 2 aromatic rings. The summed E-state index contributed by atoms with van der Waals surface area (Å²) in [6.45, 7) is 0. The van der Waals surface area contributed by atoms with Crippen molar-refractivity contribution in [3.05, 3.63) is 48.3 Å². The summed E-state index contributed by atoms with van der Waals surface area (Å²) in [6, 6.07) is 4.83. The van der Waals surface area contributed by atoms with Gasteiger partial charge in [-0.15, -0.1) is 22.7 Å². The molecular weight excluding hydrogens is 274 g/mol. The Kier molecular flexibility index (Phi) is 3.54. The molecule has 0 aliphatic carbocycles. The lowest BCUT2D eigenvalue weighted by Crippen LogP contribution is -1.91. The quantitative estimate of drug-likeness (QED) is 0.686. The topological polar surface area (TPSA) is 80.4 Å². The fourth-order valence-corrected chi connectivity index (χ4v) is 2.79. The van der Waals surface area contributed by atoms with Crippen molar-refractivity contribution in [2.75, 3.05) is 0 Å². The normalized spacial score (nSPS) is 10.9. The SMILES string of the molecule is O=C(O)c1cc([N+](=O)[O-])c(/C=C/c2cccs2)s1. The van der Waals surface area contributed by atoms with Crippen molar-refractivity contribution in [2.24, 2.45) is 0 Å². The predicted molar refractivity (Wildman–Crippen MR) is 71.2 cm³/mol. The molecule has 18 heavy (non-hydrogen) atoms. The number of carboxylic acid groups (broad SMARTS) is 1. The summed E-state index contributed by atoms with van der Waals surface area (Å²) >= 11 is 2.40. The van der Waals surface area contributed by atoms with Gasteiger partial charge in [-0.3, -0.25) is 10.1 Å². The monoisotopic (exact) mass is 281 g/mol. The zero-order valence-corrected chi connectivity index (χ0v) is 10.5. The van der Waals surface area contributed by atoms with Crippen LogP contribution in [0.25, 0.3) is 12.2 Å². The highest BCUT2D eigenvalue weighted by Crippen LogP contribution is 2.31. The molecule has 5 nitrogen and oxygen atoms in total. The minimum absolute atomic E-state index is 0.0347. The Morgan fingerprint density at radius 3 is 2.78 bits per heavy atom. The second kappa shape index (κ2) is 5.11. The molecule has 0 radical (unpaired) electrons.